The van der Waals surface area contributed by atoms with E-state index in [9.17, 15) is 36.7 Å². The van der Waals surface area contributed by atoms with Crippen molar-refractivity contribution < 1.29 is 36.7 Å². The van der Waals surface area contributed by atoms with Crippen molar-refractivity contribution >= 4 is 134 Å². The average molecular weight is 1970 g/mol. The highest BCUT2D eigenvalue weighted by molar-refractivity contribution is 6.05. The summed E-state index contributed by atoms with van der Waals surface area (Å²) >= 11 is 0. The first-order valence-electron chi connectivity index (χ1n) is 47.6. The van der Waals surface area contributed by atoms with Crippen LogP contribution in [-0.4, -0.2) is 144 Å². The molecule has 36 heteroatoms. The van der Waals surface area contributed by atoms with Crippen LogP contribution in [0.15, 0.2) is 293 Å². The molecule has 148 heavy (non-hydrogen) atoms. The summed E-state index contributed by atoms with van der Waals surface area (Å²) in [6, 6.07) is 56.8. The van der Waals surface area contributed by atoms with Gasteiger partial charge >= 0.3 is 0 Å². The molecule has 4 amide bonds. The fraction of sp³-hybridized carbons (Fsp3) is 0.107. The topological polar surface area (TPSA) is 449 Å². The van der Waals surface area contributed by atoms with Crippen molar-refractivity contribution in [2.24, 2.45) is 5.92 Å². The number of aromatic nitrogens is 24. The summed E-state index contributed by atoms with van der Waals surface area (Å²) in [6.45, 7) is 9.51. The van der Waals surface area contributed by atoms with Crippen LogP contribution in [0, 0.1) is 29.2 Å². The number of hydrogen-bond acceptors (Lipinski definition) is 20. The Bertz CT molecular complexity index is 9190. The number of unbranched alkanes of at least 4 members (excludes halogenated alkanes) is 1. The van der Waals surface area contributed by atoms with Crippen molar-refractivity contribution in [3.63, 3.8) is 0 Å². The number of H-pyrrole nitrogens is 8. The summed E-state index contributed by atoms with van der Waals surface area (Å²) in [7, 11) is 0. The van der Waals surface area contributed by atoms with Gasteiger partial charge in [0.25, 0.3) is 0 Å². The summed E-state index contributed by atoms with van der Waals surface area (Å²) in [6.07, 6.45) is 31.0. The Balaban J connectivity index is 0.000000116. The van der Waals surface area contributed by atoms with Gasteiger partial charge in [-0.3, -0.25) is 79.4 Å². The van der Waals surface area contributed by atoms with Gasteiger partial charge in [-0.15, -0.1) is 0 Å². The van der Waals surface area contributed by atoms with Gasteiger partial charge in [-0.1, -0.05) is 114 Å². The van der Waals surface area contributed by atoms with E-state index in [0.29, 0.717) is 132 Å². The molecule has 0 unspecified atom stereocenters. The van der Waals surface area contributed by atoms with Crippen LogP contribution >= 0.6 is 0 Å². The SMILES string of the molecule is CC(C)C(=O)Nc1cncc(-c2ccc3[nH]nc(-c4nc5c(-c6cccc(F)c6)cncc5[nH]4)c3c2)c1.CCC(=O)Nc1cncc(-c2ccc3[nH]nc(-c4nc5c(-c6cccc(F)c6)cncc5[nH]4)c3c2)c1.CCCC(=O)Nc1cncc(-c2ccc3[nH]nc(-c4nc5c(-c6cccc(F)c6)cncc5[nH]4)c3c2)c1.CCCCC(=O)Nc1cncc(-c2ccc3[nH]nc(-c4nc5c(-c6cccc(F)c6)cncc5[nH]4)c3c2)c1. The number of pyridine rings is 8. The van der Waals surface area contributed by atoms with Crippen LogP contribution in [0.25, 0.3) is 223 Å². The number of amides is 4. The minimum atomic E-state index is -0.321. The minimum absolute atomic E-state index is 0.0182. The Kier molecular flexibility index (Phi) is 26.5. The summed E-state index contributed by atoms with van der Waals surface area (Å²) in [5, 5.41) is 45.4. The average Bonchev–Trinajstić information content (AvgIpc) is 1.63. The molecule has 0 saturated heterocycles. The second kappa shape index (κ2) is 41.5. The molecule has 24 rings (SSSR count). The molecule has 0 spiro atoms. The molecule has 24 aromatic rings. The number of fused-ring (bicyclic) bond motifs is 8. The number of aromatic amines is 8. The van der Waals surface area contributed by atoms with E-state index in [1.165, 1.54) is 48.5 Å². The molecule has 0 aliphatic heterocycles. The number of nitrogens with one attached hydrogen (secondary N) is 12. The molecule has 0 fully saturated rings. The number of imidazole rings is 4. The van der Waals surface area contributed by atoms with E-state index in [1.54, 1.807) is 130 Å². The lowest BCUT2D eigenvalue weighted by atomic mass is 10.0. The molecular formula is C112H88F4N28O4. The first kappa shape index (κ1) is 94.6. The highest BCUT2D eigenvalue weighted by atomic mass is 19.1. The lowest BCUT2D eigenvalue weighted by Crippen LogP contribution is -2.17. The van der Waals surface area contributed by atoms with Crippen molar-refractivity contribution in [2.75, 3.05) is 21.3 Å². The lowest BCUT2D eigenvalue weighted by Gasteiger charge is -2.09. The number of carbonyl (C=O) groups excluding carboxylic acids is 4. The number of hydrogen-bond donors (Lipinski definition) is 12. The van der Waals surface area contributed by atoms with E-state index in [0.717, 1.165) is 152 Å². The number of rotatable bonds is 23. The zero-order valence-electron chi connectivity index (χ0n) is 79.8. The zero-order chi connectivity index (χ0) is 102. The Morgan fingerprint density at radius 2 is 0.554 bits per heavy atom. The van der Waals surface area contributed by atoms with Crippen LogP contribution in [0.4, 0.5) is 40.3 Å². The van der Waals surface area contributed by atoms with Crippen LogP contribution in [0.5, 0.6) is 0 Å². The molecule has 0 aliphatic carbocycles. The van der Waals surface area contributed by atoms with E-state index in [2.05, 4.69) is 129 Å². The van der Waals surface area contributed by atoms with Crippen LogP contribution in [0.2, 0.25) is 0 Å². The molecule has 0 radical (unpaired) electrons. The molecular weight excluding hydrogens is 1880 g/mol. The first-order valence-corrected chi connectivity index (χ1v) is 47.6. The quantitative estimate of drug-likeness (QED) is 0.0265. The monoisotopic (exact) mass is 1960 g/mol. The highest BCUT2D eigenvalue weighted by Gasteiger charge is 2.25. The fourth-order valence-corrected chi connectivity index (χ4v) is 17.4. The van der Waals surface area contributed by atoms with Crippen LogP contribution in [-0.2, 0) is 19.2 Å². The number of halogens is 4. The van der Waals surface area contributed by atoms with Gasteiger partial charge in [-0.25, -0.2) is 37.5 Å². The van der Waals surface area contributed by atoms with E-state index in [-0.39, 0.29) is 52.8 Å². The standard InChI is InChI=1S/C29H24FN7O.2C28H22FN7O.C27H20FN7O/c1-2-3-7-26(38)33-21-11-19(13-31-14-21)17-8-9-24-22(12-17)28(37-36-24)29-34-25-16-32-15-23(27(25)35-29)18-5-4-6-20(30)10-18;1-15(2)28(37)32-20-9-18(11-30-12-20)16-6-7-23-21(10-16)26(36-35-23)27-33-24-14-31-13-22(25(24)34-27)17-4-3-5-19(29)8-17;1-2-4-25(37)32-20-10-18(12-30-13-20)16-7-8-23-21(11-16)27(36-35-23)28-33-24-15-31-14-22(26(24)34-28)17-5-3-6-19(29)9-17;1-2-24(36)31-19-9-17(11-29-12-19)15-6-7-22-20(10-15)26(35-34-22)27-32-23-14-30-13-21(25(23)33-27)16-4-3-5-18(28)8-16/h4-6,8-16H,2-3,7H2,1H3,(H,33,38)(H,34,35)(H,36,37);3-15H,1-2H3,(H,32,37)(H,33,34)(H,35,36);3,5-15H,2,4H2,1H3,(H,32,37)(H,33,34)(H,35,36);3-14H,2H2,1H3,(H,31,36)(H,32,33)(H,34,35). The highest BCUT2D eigenvalue weighted by Crippen LogP contribution is 2.41. The van der Waals surface area contributed by atoms with E-state index >= 15 is 0 Å². The second-order valence-corrected chi connectivity index (χ2v) is 35.4. The third-order valence-corrected chi connectivity index (χ3v) is 24.8. The Labute approximate surface area is 838 Å². The maximum Gasteiger partial charge on any atom is 0.226 e. The molecule has 0 saturated carbocycles. The van der Waals surface area contributed by atoms with Gasteiger partial charge in [0.15, 0.2) is 23.3 Å². The molecule has 16 aromatic heterocycles. The largest absolute Gasteiger partial charge is 0.335 e. The molecule has 16 heterocycles. The molecule has 728 valence electrons. The molecule has 0 aliphatic rings. The first-order chi connectivity index (χ1) is 72.2. The maximum atomic E-state index is 13.9. The van der Waals surface area contributed by atoms with Gasteiger partial charge in [-0.05, 0) is 179 Å². The van der Waals surface area contributed by atoms with Gasteiger partial charge < -0.3 is 41.2 Å². The van der Waals surface area contributed by atoms with Gasteiger partial charge in [0.2, 0.25) is 23.6 Å². The summed E-state index contributed by atoms with van der Waals surface area (Å²) < 4.78 is 55.5. The Hall–Kier alpha value is -19.7. The van der Waals surface area contributed by atoms with Crippen molar-refractivity contribution in [2.45, 2.75) is 73.1 Å². The van der Waals surface area contributed by atoms with E-state index < -0.39 is 0 Å². The number of nitrogens with zero attached hydrogens (tertiary/aromatic N) is 16. The predicted molar refractivity (Wildman–Crippen MR) is 564 cm³/mol. The predicted octanol–water partition coefficient (Wildman–Crippen LogP) is 24.3. The molecule has 32 nitrogen and oxygen atoms in total. The number of benzene rings is 8. The Morgan fingerprint density at radius 1 is 0.277 bits per heavy atom. The number of anilines is 4. The maximum absolute atomic E-state index is 13.9. The van der Waals surface area contributed by atoms with Crippen molar-refractivity contribution in [3.8, 4) is 135 Å². The summed E-state index contributed by atoms with van der Waals surface area (Å²) in [4.78, 5) is 115. The van der Waals surface area contributed by atoms with Crippen LogP contribution < -0.4 is 21.3 Å². The smallest absolute Gasteiger partial charge is 0.226 e. The van der Waals surface area contributed by atoms with Gasteiger partial charge in [0.1, 0.15) is 46.0 Å². The van der Waals surface area contributed by atoms with E-state index in [4.69, 9.17) is 19.9 Å². The van der Waals surface area contributed by atoms with Crippen LogP contribution in [0.3, 0.4) is 0 Å². The molecule has 0 atom stereocenters. The molecule has 0 bridgehead atoms. The van der Waals surface area contributed by atoms with Gasteiger partial charge in [0, 0.05) is 141 Å². The lowest BCUT2D eigenvalue weighted by molar-refractivity contribution is -0.119. The number of carbonyl (C=O) groups is 4. The Morgan fingerprint density at radius 3 is 0.824 bits per heavy atom. The third-order valence-electron chi connectivity index (χ3n) is 24.8. The fourth-order valence-electron chi connectivity index (χ4n) is 17.4. The normalized spacial score (nSPS) is 11.3. The molecule has 12 N–H and O–H groups in total. The van der Waals surface area contributed by atoms with E-state index in [1.807, 2.05) is 142 Å². The molecule has 8 aromatic carbocycles. The summed E-state index contributed by atoms with van der Waals surface area (Å²) in [5.74, 6) is 0.683. The third kappa shape index (κ3) is 20.2. The van der Waals surface area contributed by atoms with Crippen LogP contribution in [0.1, 0.15) is 73.1 Å². The minimum Gasteiger partial charge on any atom is -0.335 e. The van der Waals surface area contributed by atoms with Gasteiger partial charge in [-0.2, -0.15) is 20.4 Å². The van der Waals surface area contributed by atoms with Crippen molar-refractivity contribution in [1.82, 2.24) is 121 Å². The van der Waals surface area contributed by atoms with Gasteiger partial charge in [0.05, 0.1) is 139 Å². The van der Waals surface area contributed by atoms with Crippen molar-refractivity contribution in [3.05, 3.63) is 317 Å². The summed E-state index contributed by atoms with van der Waals surface area (Å²) in [5.41, 5.74) is 27.1. The zero-order valence-corrected chi connectivity index (χ0v) is 79.8. The van der Waals surface area contributed by atoms with Crippen molar-refractivity contribution in [1.29, 1.82) is 0 Å². The second-order valence-electron chi connectivity index (χ2n) is 35.4.